The van der Waals surface area contributed by atoms with Crippen LogP contribution in [0.5, 0.6) is 0 Å². The number of hydrogen-bond acceptors (Lipinski definition) is 3. The van der Waals surface area contributed by atoms with Gasteiger partial charge in [-0.05, 0) is 44.1 Å². The van der Waals surface area contributed by atoms with E-state index in [1.807, 2.05) is 24.5 Å². The first kappa shape index (κ1) is 22.5. The van der Waals surface area contributed by atoms with Crippen molar-refractivity contribution in [3.63, 3.8) is 0 Å². The highest BCUT2D eigenvalue weighted by atomic mass is 32.2. The summed E-state index contributed by atoms with van der Waals surface area (Å²) >= 11 is 1.50. The maximum Gasteiger partial charge on any atom is 0.406 e. The molecule has 1 unspecified atom stereocenters. The Hall–Kier alpha value is -1.74. The lowest BCUT2D eigenvalue weighted by atomic mass is 10.1. The summed E-state index contributed by atoms with van der Waals surface area (Å²) in [6.07, 6.45) is -0.839. The van der Waals surface area contributed by atoms with Crippen molar-refractivity contribution < 1.29 is 27.7 Å². The Morgan fingerprint density at radius 2 is 1.93 bits per heavy atom. The van der Waals surface area contributed by atoms with Crippen LogP contribution in [0.15, 0.2) is 29.2 Å². The largest absolute Gasteiger partial charge is 0.406 e. The Kier molecular flexibility index (Phi) is 7.77. The Balaban J connectivity index is 1.92. The predicted octanol–water partition coefficient (Wildman–Crippen LogP) is 2.05. The topological polar surface area (TPSA) is 53.9 Å². The van der Waals surface area contributed by atoms with E-state index < -0.39 is 24.7 Å². The summed E-state index contributed by atoms with van der Waals surface area (Å²) in [5, 5.41) is 2.80. The number of alkyl halides is 3. The number of carbonyl (C=O) groups excluding carboxylic acids is 2. The molecule has 1 fully saturated rings. The number of anilines is 1. The standard InChI is InChI=1S/C19H26F3N3O2S/c1-13(14-8-9-14)25(12-19(20,21)22)18(27)11-24(2)10-17(26)23-15-6-4-5-7-16(15)28-3/h4-7,13-14H,8-12H2,1-3H3,(H,23,26)/p+1/t13-/m0/s1. The van der Waals surface area contributed by atoms with Crippen molar-refractivity contribution in [2.24, 2.45) is 5.92 Å². The molecule has 1 aliphatic rings. The molecule has 0 radical (unpaired) electrons. The third-order valence-corrected chi connectivity index (χ3v) is 5.56. The van der Waals surface area contributed by atoms with Gasteiger partial charge in [-0.3, -0.25) is 9.59 Å². The van der Waals surface area contributed by atoms with E-state index in [2.05, 4.69) is 5.32 Å². The van der Waals surface area contributed by atoms with Gasteiger partial charge >= 0.3 is 6.18 Å². The minimum Gasteiger partial charge on any atom is -0.326 e. The average Bonchev–Trinajstić information content (AvgIpc) is 3.43. The molecule has 156 valence electrons. The lowest BCUT2D eigenvalue weighted by Gasteiger charge is -2.30. The van der Waals surface area contributed by atoms with E-state index in [1.54, 1.807) is 20.0 Å². The Morgan fingerprint density at radius 3 is 2.50 bits per heavy atom. The van der Waals surface area contributed by atoms with E-state index in [4.69, 9.17) is 0 Å². The normalized spacial score (nSPS) is 16.4. The lowest BCUT2D eigenvalue weighted by molar-refractivity contribution is -0.862. The summed E-state index contributed by atoms with van der Waals surface area (Å²) in [6, 6.07) is 6.91. The molecule has 1 saturated carbocycles. The lowest BCUT2D eigenvalue weighted by Crippen LogP contribution is -3.11. The number of likely N-dealkylation sites (N-methyl/N-ethyl adjacent to an activating group) is 1. The highest BCUT2D eigenvalue weighted by Crippen LogP contribution is 2.36. The number of thioether (sulfide) groups is 1. The zero-order valence-corrected chi connectivity index (χ0v) is 17.1. The molecule has 0 aromatic heterocycles. The van der Waals surface area contributed by atoms with E-state index in [9.17, 15) is 22.8 Å². The Labute approximate surface area is 167 Å². The fourth-order valence-corrected chi connectivity index (χ4v) is 3.68. The highest BCUT2D eigenvalue weighted by molar-refractivity contribution is 7.98. The molecule has 1 aliphatic carbocycles. The quantitative estimate of drug-likeness (QED) is 0.604. The molecule has 1 aromatic carbocycles. The van der Waals surface area contributed by atoms with Gasteiger partial charge in [-0.1, -0.05) is 12.1 Å². The van der Waals surface area contributed by atoms with Gasteiger partial charge in [0.2, 0.25) is 0 Å². The van der Waals surface area contributed by atoms with Gasteiger partial charge < -0.3 is 15.1 Å². The summed E-state index contributed by atoms with van der Waals surface area (Å²) in [5.74, 6) is -0.728. The van der Waals surface area contributed by atoms with Crippen LogP contribution < -0.4 is 10.2 Å². The molecule has 28 heavy (non-hydrogen) atoms. The second kappa shape index (κ2) is 9.65. The highest BCUT2D eigenvalue weighted by Gasteiger charge is 2.41. The van der Waals surface area contributed by atoms with Crippen molar-refractivity contribution in [1.82, 2.24) is 4.90 Å². The van der Waals surface area contributed by atoms with Gasteiger partial charge in [-0.2, -0.15) is 13.2 Å². The van der Waals surface area contributed by atoms with Crippen LogP contribution in [0.4, 0.5) is 18.9 Å². The van der Waals surface area contributed by atoms with Gasteiger partial charge in [0.1, 0.15) is 6.54 Å². The van der Waals surface area contributed by atoms with Crippen molar-refractivity contribution in [3.05, 3.63) is 24.3 Å². The number of benzene rings is 1. The van der Waals surface area contributed by atoms with Crippen molar-refractivity contribution in [2.75, 3.05) is 38.3 Å². The van der Waals surface area contributed by atoms with Crippen LogP contribution in [0, 0.1) is 5.92 Å². The number of hydrogen-bond donors (Lipinski definition) is 2. The van der Waals surface area contributed by atoms with E-state index in [0.29, 0.717) is 10.6 Å². The number of quaternary nitrogens is 1. The van der Waals surface area contributed by atoms with Crippen LogP contribution >= 0.6 is 11.8 Å². The molecule has 0 spiro atoms. The molecule has 9 heteroatoms. The summed E-state index contributed by atoms with van der Waals surface area (Å²) in [7, 11) is 1.63. The number of carbonyl (C=O) groups is 2. The fourth-order valence-electron chi connectivity index (χ4n) is 3.12. The van der Waals surface area contributed by atoms with Crippen LogP contribution in [-0.4, -0.2) is 61.9 Å². The molecule has 5 nitrogen and oxygen atoms in total. The first-order valence-corrected chi connectivity index (χ1v) is 10.4. The van der Waals surface area contributed by atoms with Gasteiger partial charge in [0.15, 0.2) is 13.1 Å². The second-order valence-electron chi connectivity index (χ2n) is 7.27. The van der Waals surface area contributed by atoms with E-state index in [1.165, 1.54) is 11.8 Å². The van der Waals surface area contributed by atoms with Crippen molar-refractivity contribution in [1.29, 1.82) is 0 Å². The summed E-state index contributed by atoms with van der Waals surface area (Å²) < 4.78 is 38.7. The first-order valence-electron chi connectivity index (χ1n) is 9.21. The van der Waals surface area contributed by atoms with Crippen LogP contribution in [0.25, 0.3) is 0 Å². The molecule has 2 rings (SSSR count). The second-order valence-corrected chi connectivity index (χ2v) is 8.12. The van der Waals surface area contributed by atoms with Crippen LogP contribution in [0.1, 0.15) is 19.8 Å². The number of nitrogens with one attached hydrogen (secondary N) is 2. The van der Waals surface area contributed by atoms with Crippen molar-refractivity contribution in [2.45, 2.75) is 36.9 Å². The van der Waals surface area contributed by atoms with Crippen molar-refractivity contribution in [3.8, 4) is 0 Å². The summed E-state index contributed by atoms with van der Waals surface area (Å²) in [5.41, 5.74) is 0.681. The molecular formula is C19H27F3N3O2S+. The van der Waals surface area contributed by atoms with Crippen LogP contribution in [0.3, 0.4) is 0 Å². The van der Waals surface area contributed by atoms with E-state index in [-0.39, 0.29) is 24.9 Å². The SMILES string of the molecule is CSc1ccccc1NC(=O)C[NH+](C)CC(=O)N(CC(F)(F)F)[C@@H](C)C1CC1. The maximum absolute atomic E-state index is 12.9. The number of rotatable bonds is 9. The monoisotopic (exact) mass is 418 g/mol. The third-order valence-electron chi connectivity index (χ3n) is 4.76. The number of para-hydroxylation sites is 1. The zero-order chi connectivity index (χ0) is 20.9. The van der Waals surface area contributed by atoms with Crippen LogP contribution in [-0.2, 0) is 9.59 Å². The average molecular weight is 419 g/mol. The van der Waals surface area contributed by atoms with Gasteiger partial charge in [-0.15, -0.1) is 11.8 Å². The number of amides is 2. The van der Waals surface area contributed by atoms with Crippen LogP contribution in [0.2, 0.25) is 0 Å². The molecule has 0 aliphatic heterocycles. The predicted molar refractivity (Wildman–Crippen MR) is 103 cm³/mol. The Morgan fingerprint density at radius 1 is 1.29 bits per heavy atom. The molecule has 2 N–H and O–H groups in total. The number of nitrogens with zero attached hydrogens (tertiary/aromatic N) is 1. The molecule has 2 atom stereocenters. The molecule has 2 amide bonds. The zero-order valence-electron chi connectivity index (χ0n) is 16.3. The van der Waals surface area contributed by atoms with Gasteiger partial charge in [-0.25, -0.2) is 0 Å². The summed E-state index contributed by atoms with van der Waals surface area (Å²) in [6.45, 7) is 0.254. The number of halogens is 3. The van der Waals surface area contributed by atoms with E-state index >= 15 is 0 Å². The minimum absolute atomic E-state index is 0.00781. The van der Waals surface area contributed by atoms with Gasteiger partial charge in [0, 0.05) is 10.9 Å². The molecule has 0 saturated heterocycles. The van der Waals surface area contributed by atoms with Gasteiger partial charge in [0.25, 0.3) is 11.8 Å². The van der Waals surface area contributed by atoms with E-state index in [0.717, 1.165) is 22.6 Å². The van der Waals surface area contributed by atoms with Gasteiger partial charge in [0.05, 0.1) is 12.7 Å². The fraction of sp³-hybridized carbons (Fsp3) is 0.579. The first-order chi connectivity index (χ1) is 13.1. The minimum atomic E-state index is -4.44. The maximum atomic E-state index is 12.9. The molecule has 0 heterocycles. The Bertz CT molecular complexity index is 695. The molecule has 0 bridgehead atoms. The van der Waals surface area contributed by atoms with Crippen molar-refractivity contribution >= 4 is 29.3 Å². The molecule has 1 aromatic rings. The summed E-state index contributed by atoms with van der Waals surface area (Å²) in [4.78, 5) is 27.2. The molecular weight excluding hydrogens is 391 g/mol. The third kappa shape index (κ3) is 7.01. The smallest absolute Gasteiger partial charge is 0.326 e.